The standard InChI is InChI=1S/C17H31NO5/c1-14(2)13-23-12-11-22-10-9-21-8-7-18-17(20)6-5-16(19)15(3)4/h5-6,14-15H,7-13H2,1-4H3,(H,18,20)/b6-5-. The Morgan fingerprint density at radius 1 is 0.870 bits per heavy atom. The highest BCUT2D eigenvalue weighted by Crippen LogP contribution is 1.94. The Bertz CT molecular complexity index is 353. The average molecular weight is 329 g/mol. The van der Waals surface area contributed by atoms with Gasteiger partial charge in [0.25, 0.3) is 0 Å². The number of carbonyl (C=O) groups is 2. The van der Waals surface area contributed by atoms with E-state index in [0.29, 0.717) is 45.5 Å². The summed E-state index contributed by atoms with van der Waals surface area (Å²) in [6.07, 6.45) is 2.55. The van der Waals surface area contributed by atoms with Crippen LogP contribution in [0.15, 0.2) is 12.2 Å². The van der Waals surface area contributed by atoms with E-state index in [0.717, 1.165) is 6.61 Å². The third-order valence-electron chi connectivity index (χ3n) is 2.71. The zero-order valence-corrected chi connectivity index (χ0v) is 14.8. The molecule has 0 unspecified atom stereocenters. The van der Waals surface area contributed by atoms with Crippen molar-refractivity contribution in [1.29, 1.82) is 0 Å². The van der Waals surface area contributed by atoms with Crippen LogP contribution >= 0.6 is 0 Å². The van der Waals surface area contributed by atoms with Crippen molar-refractivity contribution in [1.82, 2.24) is 5.32 Å². The minimum absolute atomic E-state index is 0.0640. The van der Waals surface area contributed by atoms with Crippen molar-refractivity contribution >= 4 is 11.7 Å². The normalized spacial score (nSPS) is 11.6. The molecule has 0 aliphatic carbocycles. The summed E-state index contributed by atoms with van der Waals surface area (Å²) in [4.78, 5) is 22.7. The van der Waals surface area contributed by atoms with Crippen LogP contribution in [0.3, 0.4) is 0 Å². The van der Waals surface area contributed by atoms with Crippen LogP contribution in [0, 0.1) is 11.8 Å². The quantitative estimate of drug-likeness (QED) is 0.387. The number of amides is 1. The molecule has 6 nitrogen and oxygen atoms in total. The Balaban J connectivity index is 3.36. The summed E-state index contributed by atoms with van der Waals surface area (Å²) in [5, 5.41) is 2.64. The fourth-order valence-electron chi connectivity index (χ4n) is 1.41. The molecule has 23 heavy (non-hydrogen) atoms. The van der Waals surface area contributed by atoms with E-state index in [4.69, 9.17) is 14.2 Å². The lowest BCUT2D eigenvalue weighted by molar-refractivity contribution is -0.119. The van der Waals surface area contributed by atoms with Gasteiger partial charge in [0, 0.05) is 25.1 Å². The second-order valence-electron chi connectivity index (χ2n) is 5.87. The van der Waals surface area contributed by atoms with Gasteiger partial charge in [0.15, 0.2) is 5.78 Å². The summed E-state index contributed by atoms with van der Waals surface area (Å²) in [5.74, 6) is 0.0807. The largest absolute Gasteiger partial charge is 0.379 e. The maximum absolute atomic E-state index is 11.4. The van der Waals surface area contributed by atoms with Crippen LogP contribution in [0.1, 0.15) is 27.7 Å². The molecular formula is C17H31NO5. The molecule has 134 valence electrons. The van der Waals surface area contributed by atoms with E-state index >= 15 is 0 Å². The van der Waals surface area contributed by atoms with Crippen LogP contribution in [-0.4, -0.2) is 57.9 Å². The molecule has 0 aromatic carbocycles. The van der Waals surface area contributed by atoms with E-state index in [1.54, 1.807) is 13.8 Å². The van der Waals surface area contributed by atoms with Crippen LogP contribution in [0.2, 0.25) is 0 Å². The van der Waals surface area contributed by atoms with Gasteiger partial charge in [0.05, 0.1) is 33.0 Å². The van der Waals surface area contributed by atoms with E-state index in [2.05, 4.69) is 19.2 Å². The number of rotatable bonds is 14. The molecular weight excluding hydrogens is 298 g/mol. The molecule has 0 fully saturated rings. The van der Waals surface area contributed by atoms with Crippen LogP contribution in [0.5, 0.6) is 0 Å². The Morgan fingerprint density at radius 2 is 1.43 bits per heavy atom. The number of ether oxygens (including phenoxy) is 3. The molecule has 6 heteroatoms. The molecule has 0 spiro atoms. The fraction of sp³-hybridized carbons (Fsp3) is 0.765. The van der Waals surface area contributed by atoms with Gasteiger partial charge in [-0.2, -0.15) is 0 Å². The van der Waals surface area contributed by atoms with Crippen LogP contribution in [0.25, 0.3) is 0 Å². The lowest BCUT2D eigenvalue weighted by Gasteiger charge is -2.08. The van der Waals surface area contributed by atoms with Gasteiger partial charge in [0.1, 0.15) is 0 Å². The molecule has 0 aromatic rings. The van der Waals surface area contributed by atoms with Gasteiger partial charge >= 0.3 is 0 Å². The number of ketones is 1. The lowest BCUT2D eigenvalue weighted by Crippen LogP contribution is -2.26. The van der Waals surface area contributed by atoms with E-state index in [1.165, 1.54) is 12.2 Å². The second-order valence-corrected chi connectivity index (χ2v) is 5.87. The molecule has 0 bridgehead atoms. The summed E-state index contributed by atoms with van der Waals surface area (Å²) in [6, 6.07) is 0. The number of hydrogen-bond donors (Lipinski definition) is 1. The van der Waals surface area contributed by atoms with Gasteiger partial charge in [0.2, 0.25) is 5.91 Å². The Morgan fingerprint density at radius 3 is 2.00 bits per heavy atom. The molecule has 1 amide bonds. The Kier molecular flexibility index (Phi) is 13.6. The highest BCUT2D eigenvalue weighted by Gasteiger charge is 2.03. The summed E-state index contributed by atoms with van der Waals surface area (Å²) < 4.78 is 16.0. The summed E-state index contributed by atoms with van der Waals surface area (Å²) >= 11 is 0. The Hall–Kier alpha value is -1.24. The molecule has 1 N–H and O–H groups in total. The molecule has 0 heterocycles. The first kappa shape index (κ1) is 21.8. The smallest absolute Gasteiger partial charge is 0.244 e. The molecule has 0 saturated carbocycles. The van der Waals surface area contributed by atoms with Crippen LogP contribution in [0.4, 0.5) is 0 Å². The average Bonchev–Trinajstić information content (AvgIpc) is 2.49. The molecule has 0 rings (SSSR count). The van der Waals surface area contributed by atoms with Crippen molar-refractivity contribution in [2.24, 2.45) is 11.8 Å². The van der Waals surface area contributed by atoms with Crippen molar-refractivity contribution in [2.45, 2.75) is 27.7 Å². The fourth-order valence-corrected chi connectivity index (χ4v) is 1.41. The third kappa shape index (κ3) is 15.4. The lowest BCUT2D eigenvalue weighted by atomic mass is 10.1. The molecule has 0 saturated heterocycles. The first-order chi connectivity index (χ1) is 10.9. The highest BCUT2D eigenvalue weighted by molar-refractivity contribution is 5.98. The van der Waals surface area contributed by atoms with Crippen molar-refractivity contribution in [3.8, 4) is 0 Å². The van der Waals surface area contributed by atoms with Crippen LogP contribution in [-0.2, 0) is 23.8 Å². The van der Waals surface area contributed by atoms with Crippen molar-refractivity contribution in [3.63, 3.8) is 0 Å². The Labute approximate surface area is 139 Å². The summed E-state index contributed by atoms with van der Waals surface area (Å²) in [6.45, 7) is 11.5. The SMILES string of the molecule is CC(C)COCCOCCOCCNC(=O)/C=C\C(=O)C(C)C. The van der Waals surface area contributed by atoms with Gasteiger partial charge in [-0.3, -0.25) is 9.59 Å². The number of allylic oxidation sites excluding steroid dienone is 1. The summed E-state index contributed by atoms with van der Waals surface area (Å²) in [7, 11) is 0. The van der Waals surface area contributed by atoms with Gasteiger partial charge in [-0.25, -0.2) is 0 Å². The number of carbonyl (C=O) groups excluding carboxylic acids is 2. The molecule has 0 atom stereocenters. The third-order valence-corrected chi connectivity index (χ3v) is 2.71. The number of hydrogen-bond acceptors (Lipinski definition) is 5. The zero-order valence-electron chi connectivity index (χ0n) is 14.8. The van der Waals surface area contributed by atoms with Gasteiger partial charge in [-0.1, -0.05) is 27.7 Å². The van der Waals surface area contributed by atoms with Crippen molar-refractivity contribution in [2.75, 3.05) is 46.2 Å². The van der Waals surface area contributed by atoms with Crippen molar-refractivity contribution in [3.05, 3.63) is 12.2 Å². The maximum atomic E-state index is 11.4. The monoisotopic (exact) mass is 329 g/mol. The van der Waals surface area contributed by atoms with E-state index in [9.17, 15) is 9.59 Å². The van der Waals surface area contributed by atoms with Crippen molar-refractivity contribution < 1.29 is 23.8 Å². The van der Waals surface area contributed by atoms with Gasteiger partial charge in [-0.05, 0) is 12.0 Å². The first-order valence-electron chi connectivity index (χ1n) is 8.16. The minimum Gasteiger partial charge on any atom is -0.379 e. The summed E-state index contributed by atoms with van der Waals surface area (Å²) in [5.41, 5.74) is 0. The van der Waals surface area contributed by atoms with E-state index in [-0.39, 0.29) is 17.6 Å². The predicted octanol–water partition coefficient (Wildman–Crippen LogP) is 1.59. The maximum Gasteiger partial charge on any atom is 0.244 e. The molecule has 0 aliphatic heterocycles. The molecule has 0 aromatic heterocycles. The number of nitrogens with one attached hydrogen (secondary N) is 1. The van der Waals surface area contributed by atoms with E-state index < -0.39 is 0 Å². The topological polar surface area (TPSA) is 73.9 Å². The molecule has 0 radical (unpaired) electrons. The predicted molar refractivity (Wildman–Crippen MR) is 89.3 cm³/mol. The minimum atomic E-state index is -0.291. The van der Waals surface area contributed by atoms with E-state index in [1.807, 2.05) is 0 Å². The van der Waals surface area contributed by atoms with Gasteiger partial charge in [-0.15, -0.1) is 0 Å². The zero-order chi connectivity index (χ0) is 17.5. The first-order valence-corrected chi connectivity index (χ1v) is 8.16. The molecule has 0 aliphatic rings. The highest BCUT2D eigenvalue weighted by atomic mass is 16.5. The van der Waals surface area contributed by atoms with Crippen LogP contribution < -0.4 is 5.32 Å². The second kappa shape index (κ2) is 14.4. The van der Waals surface area contributed by atoms with Gasteiger partial charge < -0.3 is 19.5 Å².